The fourth-order valence-corrected chi connectivity index (χ4v) is 3.97. The first kappa shape index (κ1) is 13.5. The molecule has 0 aliphatic carbocycles. The topological polar surface area (TPSA) is 66.4 Å². The van der Waals surface area contributed by atoms with Gasteiger partial charge in [0, 0.05) is 12.1 Å². The summed E-state index contributed by atoms with van der Waals surface area (Å²) < 4.78 is 23.9. The van der Waals surface area contributed by atoms with Crippen LogP contribution in [0.1, 0.15) is 31.4 Å². The molecule has 2 atom stereocenters. The highest BCUT2D eigenvalue weighted by Gasteiger charge is 2.30. The average molecular weight is 269 g/mol. The molecule has 2 N–H and O–H groups in total. The number of rotatable bonds is 4. The number of hydrogen-bond acceptors (Lipinski definition) is 4. The SMILES string of the molecule is CC[C@H](CO)NC1CCS(=O)(=O)c2ccccc21. The molecule has 1 aliphatic rings. The Morgan fingerprint density at radius 3 is 2.83 bits per heavy atom. The van der Waals surface area contributed by atoms with Crippen LogP contribution in [0.25, 0.3) is 0 Å². The zero-order valence-electron chi connectivity index (χ0n) is 10.5. The molecule has 2 rings (SSSR count). The predicted octanol–water partition coefficient (Wildman–Crippen LogP) is 1.27. The van der Waals surface area contributed by atoms with Crippen molar-refractivity contribution in [3.8, 4) is 0 Å². The molecule has 0 fully saturated rings. The molecule has 1 aromatic rings. The molecule has 100 valence electrons. The third kappa shape index (κ3) is 2.58. The maximum Gasteiger partial charge on any atom is 0.178 e. The van der Waals surface area contributed by atoms with Crippen molar-refractivity contribution in [1.29, 1.82) is 0 Å². The fourth-order valence-electron chi connectivity index (χ4n) is 2.35. The number of sulfone groups is 1. The zero-order chi connectivity index (χ0) is 13.2. The van der Waals surface area contributed by atoms with Crippen molar-refractivity contribution in [2.45, 2.75) is 36.7 Å². The van der Waals surface area contributed by atoms with Gasteiger partial charge in [-0.2, -0.15) is 0 Å². The van der Waals surface area contributed by atoms with Crippen LogP contribution in [0, 0.1) is 0 Å². The molecule has 0 saturated carbocycles. The van der Waals surface area contributed by atoms with E-state index in [1.165, 1.54) is 0 Å². The van der Waals surface area contributed by atoms with E-state index in [0.29, 0.717) is 11.3 Å². The molecule has 0 radical (unpaired) electrons. The number of nitrogens with one attached hydrogen (secondary N) is 1. The van der Waals surface area contributed by atoms with Crippen molar-refractivity contribution in [3.05, 3.63) is 29.8 Å². The molecular weight excluding hydrogens is 250 g/mol. The molecule has 0 saturated heterocycles. The summed E-state index contributed by atoms with van der Waals surface area (Å²) in [5.41, 5.74) is 0.829. The van der Waals surface area contributed by atoms with Crippen LogP contribution >= 0.6 is 0 Å². The summed E-state index contributed by atoms with van der Waals surface area (Å²) >= 11 is 0. The number of fused-ring (bicyclic) bond motifs is 1. The van der Waals surface area contributed by atoms with Gasteiger partial charge in [0.2, 0.25) is 0 Å². The van der Waals surface area contributed by atoms with Gasteiger partial charge in [0.1, 0.15) is 0 Å². The highest BCUT2D eigenvalue weighted by atomic mass is 32.2. The first-order valence-electron chi connectivity index (χ1n) is 6.27. The van der Waals surface area contributed by atoms with Crippen LogP contribution in [0.4, 0.5) is 0 Å². The van der Waals surface area contributed by atoms with E-state index in [0.717, 1.165) is 12.0 Å². The molecule has 1 aromatic carbocycles. The molecule has 0 aromatic heterocycles. The van der Waals surface area contributed by atoms with E-state index >= 15 is 0 Å². The molecule has 1 heterocycles. The van der Waals surface area contributed by atoms with Crippen molar-refractivity contribution in [3.63, 3.8) is 0 Å². The number of aliphatic hydroxyl groups is 1. The van der Waals surface area contributed by atoms with Gasteiger partial charge in [-0.1, -0.05) is 25.1 Å². The predicted molar refractivity (Wildman–Crippen MR) is 70.2 cm³/mol. The number of aliphatic hydroxyl groups excluding tert-OH is 1. The van der Waals surface area contributed by atoms with Crippen molar-refractivity contribution < 1.29 is 13.5 Å². The third-order valence-electron chi connectivity index (χ3n) is 3.45. The molecule has 0 spiro atoms. The Labute approximate surface area is 108 Å². The van der Waals surface area contributed by atoms with E-state index in [1.54, 1.807) is 12.1 Å². The lowest BCUT2D eigenvalue weighted by molar-refractivity contribution is 0.225. The van der Waals surface area contributed by atoms with Crippen molar-refractivity contribution in [2.75, 3.05) is 12.4 Å². The fraction of sp³-hybridized carbons (Fsp3) is 0.538. The number of benzene rings is 1. The second kappa shape index (κ2) is 5.38. The Morgan fingerprint density at radius 1 is 1.44 bits per heavy atom. The average Bonchev–Trinajstić information content (AvgIpc) is 2.38. The van der Waals surface area contributed by atoms with Crippen LogP contribution in [0.3, 0.4) is 0 Å². The molecule has 0 bridgehead atoms. The summed E-state index contributed by atoms with van der Waals surface area (Å²) in [6, 6.07) is 7.16. The monoisotopic (exact) mass is 269 g/mol. The van der Waals surface area contributed by atoms with E-state index in [-0.39, 0.29) is 24.4 Å². The van der Waals surface area contributed by atoms with Crippen LogP contribution in [-0.4, -0.2) is 31.9 Å². The van der Waals surface area contributed by atoms with Crippen molar-refractivity contribution in [2.24, 2.45) is 0 Å². The Hall–Kier alpha value is -0.910. The van der Waals surface area contributed by atoms with Gasteiger partial charge < -0.3 is 10.4 Å². The smallest absolute Gasteiger partial charge is 0.178 e. The van der Waals surface area contributed by atoms with E-state index < -0.39 is 9.84 Å². The number of hydrogen-bond donors (Lipinski definition) is 2. The molecule has 1 unspecified atom stereocenters. The summed E-state index contributed by atoms with van der Waals surface area (Å²) in [5.74, 6) is 0.170. The lowest BCUT2D eigenvalue weighted by atomic mass is 10.0. The standard InChI is InChI=1S/C13H19NO3S/c1-2-10(9-15)14-12-7-8-18(16,17)13-6-4-3-5-11(12)13/h3-6,10,12,14-15H,2,7-9H2,1H3/t10-,12?/m1/s1. The van der Waals surface area contributed by atoms with Gasteiger partial charge in [0.15, 0.2) is 9.84 Å². The normalized spacial score (nSPS) is 23.3. The minimum atomic E-state index is -3.13. The second-order valence-corrected chi connectivity index (χ2v) is 6.73. The van der Waals surface area contributed by atoms with E-state index in [9.17, 15) is 13.5 Å². The summed E-state index contributed by atoms with van der Waals surface area (Å²) in [7, 11) is -3.13. The van der Waals surface area contributed by atoms with Crippen LogP contribution in [0.2, 0.25) is 0 Å². The van der Waals surface area contributed by atoms with E-state index in [4.69, 9.17) is 0 Å². The van der Waals surface area contributed by atoms with Crippen LogP contribution in [0.15, 0.2) is 29.2 Å². The van der Waals surface area contributed by atoms with Crippen LogP contribution in [0.5, 0.6) is 0 Å². The maximum absolute atomic E-state index is 12.0. The summed E-state index contributed by atoms with van der Waals surface area (Å²) in [6.07, 6.45) is 1.39. The molecule has 5 heteroatoms. The van der Waals surface area contributed by atoms with Gasteiger partial charge in [-0.25, -0.2) is 8.42 Å². The minimum absolute atomic E-state index is 0.0156. The molecule has 0 amide bonds. The Bertz CT molecular complexity index is 509. The maximum atomic E-state index is 12.0. The van der Waals surface area contributed by atoms with Crippen molar-refractivity contribution >= 4 is 9.84 Å². The summed E-state index contributed by atoms with van der Waals surface area (Å²) in [5, 5.41) is 12.6. The molecule has 18 heavy (non-hydrogen) atoms. The van der Waals surface area contributed by atoms with Gasteiger partial charge in [-0.05, 0) is 24.5 Å². The Kier molecular flexibility index (Phi) is 4.04. The van der Waals surface area contributed by atoms with E-state index in [2.05, 4.69) is 5.32 Å². The largest absolute Gasteiger partial charge is 0.395 e. The Morgan fingerprint density at radius 2 is 2.17 bits per heavy atom. The quantitative estimate of drug-likeness (QED) is 0.864. The summed E-state index contributed by atoms with van der Waals surface area (Å²) in [6.45, 7) is 2.07. The minimum Gasteiger partial charge on any atom is -0.395 e. The zero-order valence-corrected chi connectivity index (χ0v) is 11.3. The lowest BCUT2D eigenvalue weighted by Crippen LogP contribution is -2.38. The first-order valence-corrected chi connectivity index (χ1v) is 7.92. The van der Waals surface area contributed by atoms with Gasteiger partial charge in [-0.3, -0.25) is 0 Å². The van der Waals surface area contributed by atoms with Gasteiger partial charge in [0.05, 0.1) is 17.3 Å². The lowest BCUT2D eigenvalue weighted by Gasteiger charge is -2.29. The molecule has 4 nitrogen and oxygen atoms in total. The third-order valence-corrected chi connectivity index (χ3v) is 5.27. The molecule has 1 aliphatic heterocycles. The highest BCUT2D eigenvalue weighted by molar-refractivity contribution is 7.91. The van der Waals surface area contributed by atoms with Crippen LogP contribution < -0.4 is 5.32 Å². The van der Waals surface area contributed by atoms with E-state index in [1.807, 2.05) is 19.1 Å². The van der Waals surface area contributed by atoms with Gasteiger partial charge >= 0.3 is 0 Å². The van der Waals surface area contributed by atoms with Gasteiger partial charge in [-0.15, -0.1) is 0 Å². The first-order chi connectivity index (χ1) is 8.58. The summed E-state index contributed by atoms with van der Waals surface area (Å²) in [4.78, 5) is 0.432. The Balaban J connectivity index is 2.31. The van der Waals surface area contributed by atoms with Crippen molar-refractivity contribution in [1.82, 2.24) is 5.32 Å². The second-order valence-electron chi connectivity index (χ2n) is 4.65. The van der Waals surface area contributed by atoms with Crippen LogP contribution in [-0.2, 0) is 9.84 Å². The van der Waals surface area contributed by atoms with Gasteiger partial charge in [0.25, 0.3) is 0 Å². The molecular formula is C13H19NO3S. The highest BCUT2D eigenvalue weighted by Crippen LogP contribution is 2.32.